The van der Waals surface area contributed by atoms with E-state index in [1.165, 1.54) is 11.1 Å². The van der Waals surface area contributed by atoms with E-state index < -0.39 is 0 Å². The van der Waals surface area contributed by atoms with Crippen LogP contribution in [-0.4, -0.2) is 26.8 Å². The monoisotopic (exact) mass is 340 g/mol. The zero-order chi connectivity index (χ0) is 17.8. The first-order valence-electron chi connectivity index (χ1n) is 8.53. The lowest BCUT2D eigenvalue weighted by Gasteiger charge is -2.16. The summed E-state index contributed by atoms with van der Waals surface area (Å²) in [4.78, 5) is 12.2. The second-order valence-electron chi connectivity index (χ2n) is 6.58. The van der Waals surface area contributed by atoms with E-state index >= 15 is 0 Å². The molecule has 4 nitrogen and oxygen atoms in total. The number of carbonyl (C=O) groups excluding carboxylic acids is 1. The van der Waals surface area contributed by atoms with Crippen LogP contribution in [0.5, 0.6) is 11.5 Å². The largest absolute Gasteiger partial charge is 0.493 e. The van der Waals surface area contributed by atoms with Crippen molar-refractivity contribution < 1.29 is 19.0 Å². The predicted octanol–water partition coefficient (Wildman–Crippen LogP) is 3.59. The van der Waals surface area contributed by atoms with Gasteiger partial charge in [-0.1, -0.05) is 35.9 Å². The molecule has 2 unspecified atom stereocenters. The van der Waals surface area contributed by atoms with Crippen LogP contribution in [0.15, 0.2) is 42.5 Å². The maximum atomic E-state index is 12.2. The Morgan fingerprint density at radius 2 is 1.64 bits per heavy atom. The summed E-state index contributed by atoms with van der Waals surface area (Å²) in [6.07, 6.45) is 1.50. The molecule has 1 heterocycles. The summed E-state index contributed by atoms with van der Waals surface area (Å²) in [6, 6.07) is 14.2. The summed E-state index contributed by atoms with van der Waals surface area (Å²) < 4.78 is 16.0. The number of cyclic esters (lactones) is 1. The van der Waals surface area contributed by atoms with Crippen molar-refractivity contribution in [3.63, 3.8) is 0 Å². The van der Waals surface area contributed by atoms with Crippen molar-refractivity contribution in [2.45, 2.75) is 19.8 Å². The molecule has 1 aliphatic heterocycles. The summed E-state index contributed by atoms with van der Waals surface area (Å²) in [5.74, 6) is 1.40. The van der Waals surface area contributed by atoms with Crippen molar-refractivity contribution in [1.29, 1.82) is 0 Å². The first kappa shape index (κ1) is 17.3. The van der Waals surface area contributed by atoms with Gasteiger partial charge in [0.05, 0.1) is 26.7 Å². The van der Waals surface area contributed by atoms with E-state index in [1.807, 2.05) is 18.2 Å². The number of aryl methyl sites for hydroxylation is 1. The Balaban J connectivity index is 1.74. The summed E-state index contributed by atoms with van der Waals surface area (Å²) in [5, 5.41) is 0. The fraction of sp³-hybridized carbons (Fsp3) is 0.381. The Morgan fingerprint density at radius 1 is 0.960 bits per heavy atom. The number of hydrogen-bond acceptors (Lipinski definition) is 4. The second kappa shape index (κ2) is 7.60. The molecule has 132 valence electrons. The maximum Gasteiger partial charge on any atom is 0.309 e. The van der Waals surface area contributed by atoms with E-state index in [0.717, 1.165) is 18.4 Å². The molecule has 0 aliphatic carbocycles. The zero-order valence-corrected chi connectivity index (χ0v) is 15.0. The zero-order valence-electron chi connectivity index (χ0n) is 15.0. The van der Waals surface area contributed by atoms with Gasteiger partial charge in [0.2, 0.25) is 0 Å². The van der Waals surface area contributed by atoms with Crippen LogP contribution in [0.25, 0.3) is 0 Å². The highest BCUT2D eigenvalue weighted by Gasteiger charge is 2.36. The van der Waals surface area contributed by atoms with Crippen LogP contribution in [0.4, 0.5) is 0 Å². The summed E-state index contributed by atoms with van der Waals surface area (Å²) in [5.41, 5.74) is 3.52. The Hall–Kier alpha value is -2.49. The van der Waals surface area contributed by atoms with Gasteiger partial charge in [0.1, 0.15) is 0 Å². The molecule has 2 aromatic carbocycles. The van der Waals surface area contributed by atoms with Crippen LogP contribution >= 0.6 is 0 Å². The lowest BCUT2D eigenvalue weighted by atomic mass is 9.85. The lowest BCUT2D eigenvalue weighted by molar-refractivity contribution is -0.141. The Bertz CT molecular complexity index is 736. The molecule has 0 bridgehead atoms. The van der Waals surface area contributed by atoms with Crippen LogP contribution in [-0.2, 0) is 22.4 Å². The summed E-state index contributed by atoms with van der Waals surface area (Å²) >= 11 is 0. The molecule has 25 heavy (non-hydrogen) atoms. The minimum atomic E-state index is -0.101. The van der Waals surface area contributed by atoms with Crippen LogP contribution in [0.3, 0.4) is 0 Å². The van der Waals surface area contributed by atoms with Crippen molar-refractivity contribution in [2.24, 2.45) is 11.8 Å². The van der Waals surface area contributed by atoms with Crippen molar-refractivity contribution >= 4 is 5.97 Å². The third-order valence-electron chi connectivity index (χ3n) is 4.83. The number of ether oxygens (including phenoxy) is 3. The molecule has 1 saturated heterocycles. The van der Waals surface area contributed by atoms with E-state index in [4.69, 9.17) is 14.2 Å². The van der Waals surface area contributed by atoms with Gasteiger partial charge in [0.15, 0.2) is 11.5 Å². The summed E-state index contributed by atoms with van der Waals surface area (Å²) in [7, 11) is 3.25. The SMILES string of the molecule is COc1ccc(CC2COC(=O)C2Cc2ccc(C)cc2)cc1OC. The number of carbonyl (C=O) groups is 1. The van der Waals surface area contributed by atoms with Gasteiger partial charge < -0.3 is 14.2 Å². The van der Waals surface area contributed by atoms with Gasteiger partial charge in [-0.3, -0.25) is 4.79 Å². The van der Waals surface area contributed by atoms with Gasteiger partial charge in [-0.05, 0) is 43.0 Å². The minimum Gasteiger partial charge on any atom is -0.493 e. The van der Waals surface area contributed by atoms with Gasteiger partial charge in [0.25, 0.3) is 0 Å². The van der Waals surface area contributed by atoms with Gasteiger partial charge >= 0.3 is 5.97 Å². The number of hydrogen-bond donors (Lipinski definition) is 0. The fourth-order valence-corrected chi connectivity index (χ4v) is 3.34. The molecule has 1 fully saturated rings. The smallest absolute Gasteiger partial charge is 0.309 e. The number of rotatable bonds is 6. The predicted molar refractivity (Wildman–Crippen MR) is 96.1 cm³/mol. The van der Waals surface area contributed by atoms with Crippen LogP contribution < -0.4 is 9.47 Å². The third kappa shape index (κ3) is 3.95. The number of benzene rings is 2. The van der Waals surface area contributed by atoms with E-state index in [1.54, 1.807) is 14.2 Å². The lowest BCUT2D eigenvalue weighted by Crippen LogP contribution is -2.20. The molecule has 3 rings (SSSR count). The van der Waals surface area contributed by atoms with Crippen molar-refractivity contribution in [2.75, 3.05) is 20.8 Å². The highest BCUT2D eigenvalue weighted by atomic mass is 16.5. The average molecular weight is 340 g/mol. The van der Waals surface area contributed by atoms with E-state index in [9.17, 15) is 4.79 Å². The van der Waals surface area contributed by atoms with Crippen LogP contribution in [0.2, 0.25) is 0 Å². The van der Waals surface area contributed by atoms with Gasteiger partial charge in [-0.15, -0.1) is 0 Å². The summed E-state index contributed by atoms with van der Waals surface area (Å²) in [6.45, 7) is 2.54. The normalized spacial score (nSPS) is 19.6. The van der Waals surface area contributed by atoms with E-state index in [2.05, 4.69) is 31.2 Å². The van der Waals surface area contributed by atoms with Crippen LogP contribution in [0, 0.1) is 18.8 Å². The van der Waals surface area contributed by atoms with E-state index in [0.29, 0.717) is 18.1 Å². The topological polar surface area (TPSA) is 44.8 Å². The molecule has 0 spiro atoms. The van der Waals surface area contributed by atoms with Crippen molar-refractivity contribution in [1.82, 2.24) is 0 Å². The van der Waals surface area contributed by atoms with Gasteiger partial charge in [-0.25, -0.2) is 0 Å². The first-order chi connectivity index (χ1) is 12.1. The van der Waals surface area contributed by atoms with Crippen molar-refractivity contribution in [3.8, 4) is 11.5 Å². The molecular formula is C21H24O4. The minimum absolute atomic E-state index is 0.0916. The van der Waals surface area contributed by atoms with Gasteiger partial charge in [-0.2, -0.15) is 0 Å². The van der Waals surface area contributed by atoms with Crippen LogP contribution in [0.1, 0.15) is 16.7 Å². The molecule has 2 aromatic rings. The molecule has 4 heteroatoms. The second-order valence-corrected chi connectivity index (χ2v) is 6.58. The maximum absolute atomic E-state index is 12.2. The molecule has 1 aliphatic rings. The fourth-order valence-electron chi connectivity index (χ4n) is 3.34. The average Bonchev–Trinajstić information content (AvgIpc) is 2.96. The highest BCUT2D eigenvalue weighted by molar-refractivity contribution is 5.75. The molecule has 0 amide bonds. The van der Waals surface area contributed by atoms with Crippen molar-refractivity contribution in [3.05, 3.63) is 59.2 Å². The Morgan fingerprint density at radius 3 is 2.32 bits per heavy atom. The Kier molecular flexibility index (Phi) is 5.27. The van der Waals surface area contributed by atoms with Gasteiger partial charge in [0, 0.05) is 5.92 Å². The first-order valence-corrected chi connectivity index (χ1v) is 8.53. The molecule has 0 aromatic heterocycles. The molecule has 0 N–H and O–H groups in total. The number of methoxy groups -OCH3 is 2. The highest BCUT2D eigenvalue weighted by Crippen LogP contribution is 2.32. The molecular weight excluding hydrogens is 316 g/mol. The molecule has 0 radical (unpaired) electrons. The number of esters is 1. The third-order valence-corrected chi connectivity index (χ3v) is 4.83. The quantitative estimate of drug-likeness (QED) is 0.754. The van der Waals surface area contributed by atoms with E-state index in [-0.39, 0.29) is 17.8 Å². The molecule has 2 atom stereocenters. The molecule has 0 saturated carbocycles. The Labute approximate surface area is 148 Å². The standard InChI is InChI=1S/C21H24O4/c1-14-4-6-15(7-5-14)11-18-17(13-25-21(18)22)10-16-8-9-19(23-2)20(12-16)24-3/h4-9,12,17-18H,10-11,13H2,1-3H3.